The smallest absolute Gasteiger partial charge is 0.0408 e. The number of benzene rings is 1. The van der Waals surface area contributed by atoms with E-state index in [9.17, 15) is 0 Å². The molecule has 1 heterocycles. The molecule has 2 fully saturated rings. The molecule has 92 valence electrons. The van der Waals surface area contributed by atoms with E-state index in [1.54, 1.807) is 0 Å². The van der Waals surface area contributed by atoms with Crippen molar-refractivity contribution >= 4 is 23.4 Å². The molecule has 1 aliphatic carbocycles. The van der Waals surface area contributed by atoms with Crippen LogP contribution in [-0.2, 0) is 0 Å². The molecule has 1 saturated heterocycles. The molecule has 0 spiro atoms. The Morgan fingerprint density at radius 2 is 2.12 bits per heavy atom. The standard InChI is InChI=1S/C14H18ClNS/c15-12-3-1-2-10(6-12)11-7-14(8-11)16-13-4-5-17-9-13/h1-3,6,11,13-14,16H,4-5,7-9H2. The highest BCUT2D eigenvalue weighted by atomic mass is 35.5. The van der Waals surface area contributed by atoms with Crippen molar-refractivity contribution in [1.82, 2.24) is 5.32 Å². The number of halogens is 1. The Labute approximate surface area is 112 Å². The van der Waals surface area contributed by atoms with E-state index in [1.807, 2.05) is 6.07 Å². The third kappa shape index (κ3) is 2.81. The highest BCUT2D eigenvalue weighted by Gasteiger charge is 2.32. The van der Waals surface area contributed by atoms with E-state index in [0.717, 1.165) is 23.0 Å². The molecule has 0 aromatic heterocycles. The number of thioether (sulfide) groups is 1. The quantitative estimate of drug-likeness (QED) is 0.897. The lowest BCUT2D eigenvalue weighted by Gasteiger charge is -2.38. The van der Waals surface area contributed by atoms with Gasteiger partial charge in [-0.25, -0.2) is 0 Å². The molecule has 1 saturated carbocycles. The molecular formula is C14H18ClNS. The highest BCUT2D eigenvalue weighted by Crippen LogP contribution is 2.38. The first kappa shape index (κ1) is 11.9. The molecular weight excluding hydrogens is 250 g/mol. The molecule has 0 radical (unpaired) electrons. The molecule has 1 unspecified atom stereocenters. The van der Waals surface area contributed by atoms with Gasteiger partial charge in [-0.1, -0.05) is 23.7 Å². The predicted molar refractivity (Wildman–Crippen MR) is 76.1 cm³/mol. The van der Waals surface area contributed by atoms with Gasteiger partial charge in [0.25, 0.3) is 0 Å². The van der Waals surface area contributed by atoms with Crippen LogP contribution < -0.4 is 5.32 Å². The molecule has 1 aromatic carbocycles. The topological polar surface area (TPSA) is 12.0 Å². The minimum atomic E-state index is 0.722. The Balaban J connectivity index is 1.50. The van der Waals surface area contributed by atoms with E-state index in [0.29, 0.717) is 0 Å². The summed E-state index contributed by atoms with van der Waals surface area (Å²) in [7, 11) is 0. The van der Waals surface area contributed by atoms with Gasteiger partial charge in [-0.3, -0.25) is 0 Å². The van der Waals surface area contributed by atoms with Gasteiger partial charge in [0, 0.05) is 22.9 Å². The van der Waals surface area contributed by atoms with Crippen LogP contribution in [-0.4, -0.2) is 23.6 Å². The van der Waals surface area contributed by atoms with Crippen LogP contribution in [0.3, 0.4) is 0 Å². The van der Waals surface area contributed by atoms with Crippen molar-refractivity contribution in [2.75, 3.05) is 11.5 Å². The van der Waals surface area contributed by atoms with Crippen molar-refractivity contribution in [3.8, 4) is 0 Å². The zero-order valence-electron chi connectivity index (χ0n) is 9.86. The van der Waals surface area contributed by atoms with E-state index in [1.165, 1.54) is 36.3 Å². The molecule has 2 aliphatic rings. The van der Waals surface area contributed by atoms with Crippen LogP contribution in [0.25, 0.3) is 0 Å². The van der Waals surface area contributed by atoms with Gasteiger partial charge in [-0.05, 0) is 48.6 Å². The van der Waals surface area contributed by atoms with Crippen molar-refractivity contribution in [1.29, 1.82) is 0 Å². The van der Waals surface area contributed by atoms with Crippen LogP contribution in [0.2, 0.25) is 5.02 Å². The van der Waals surface area contributed by atoms with Crippen LogP contribution in [0.4, 0.5) is 0 Å². The summed E-state index contributed by atoms with van der Waals surface area (Å²) in [4.78, 5) is 0. The number of rotatable bonds is 3. The van der Waals surface area contributed by atoms with Gasteiger partial charge < -0.3 is 5.32 Å². The predicted octanol–water partition coefficient (Wildman–Crippen LogP) is 3.68. The van der Waals surface area contributed by atoms with Gasteiger partial charge >= 0.3 is 0 Å². The lowest BCUT2D eigenvalue weighted by Crippen LogP contribution is -2.45. The van der Waals surface area contributed by atoms with Crippen molar-refractivity contribution in [3.05, 3.63) is 34.9 Å². The minimum Gasteiger partial charge on any atom is -0.310 e. The van der Waals surface area contributed by atoms with Crippen molar-refractivity contribution in [2.24, 2.45) is 0 Å². The molecule has 1 aromatic rings. The Morgan fingerprint density at radius 3 is 2.82 bits per heavy atom. The van der Waals surface area contributed by atoms with Crippen molar-refractivity contribution < 1.29 is 0 Å². The zero-order chi connectivity index (χ0) is 11.7. The van der Waals surface area contributed by atoms with Crippen LogP contribution in [0.5, 0.6) is 0 Å². The van der Waals surface area contributed by atoms with Crippen molar-refractivity contribution in [2.45, 2.75) is 37.3 Å². The maximum atomic E-state index is 6.03. The first-order valence-corrected chi connectivity index (χ1v) is 7.94. The average molecular weight is 268 g/mol. The Morgan fingerprint density at radius 1 is 1.24 bits per heavy atom. The van der Waals surface area contributed by atoms with E-state index in [-0.39, 0.29) is 0 Å². The largest absolute Gasteiger partial charge is 0.310 e. The number of nitrogens with one attached hydrogen (secondary N) is 1. The Bertz CT molecular complexity index is 384. The third-order valence-corrected chi connectivity index (χ3v) is 5.26. The molecule has 3 heteroatoms. The summed E-state index contributed by atoms with van der Waals surface area (Å²) in [5.41, 5.74) is 1.41. The van der Waals surface area contributed by atoms with E-state index in [4.69, 9.17) is 11.6 Å². The molecule has 1 nitrogen and oxygen atoms in total. The van der Waals surface area contributed by atoms with Crippen LogP contribution in [0.1, 0.15) is 30.7 Å². The summed E-state index contributed by atoms with van der Waals surface area (Å²) in [5, 5.41) is 4.64. The maximum Gasteiger partial charge on any atom is 0.0408 e. The van der Waals surface area contributed by atoms with Crippen molar-refractivity contribution in [3.63, 3.8) is 0 Å². The zero-order valence-corrected chi connectivity index (χ0v) is 11.4. The van der Waals surface area contributed by atoms with Crippen LogP contribution in [0, 0.1) is 0 Å². The fourth-order valence-corrected chi connectivity index (χ4v) is 4.15. The minimum absolute atomic E-state index is 0.722. The van der Waals surface area contributed by atoms with Crippen LogP contribution in [0.15, 0.2) is 24.3 Å². The van der Waals surface area contributed by atoms with E-state index < -0.39 is 0 Å². The van der Waals surface area contributed by atoms with Gasteiger partial charge in [0.1, 0.15) is 0 Å². The second-order valence-corrected chi connectivity index (χ2v) is 6.73. The van der Waals surface area contributed by atoms with Gasteiger partial charge in [0.2, 0.25) is 0 Å². The average Bonchev–Trinajstić information content (AvgIpc) is 2.75. The normalized spacial score (nSPS) is 32.4. The van der Waals surface area contributed by atoms with Gasteiger partial charge in [-0.15, -0.1) is 0 Å². The monoisotopic (exact) mass is 267 g/mol. The summed E-state index contributed by atoms with van der Waals surface area (Å²) >= 11 is 8.10. The highest BCUT2D eigenvalue weighted by molar-refractivity contribution is 7.99. The molecule has 3 rings (SSSR count). The molecule has 1 N–H and O–H groups in total. The lowest BCUT2D eigenvalue weighted by atomic mass is 9.75. The SMILES string of the molecule is Clc1cccc(C2CC(NC3CCSC3)C2)c1. The fourth-order valence-electron chi connectivity index (χ4n) is 2.79. The third-order valence-electron chi connectivity index (χ3n) is 3.86. The number of hydrogen-bond donors (Lipinski definition) is 1. The summed E-state index contributed by atoms with van der Waals surface area (Å²) in [5.74, 6) is 3.36. The van der Waals surface area contributed by atoms with Gasteiger partial charge in [-0.2, -0.15) is 11.8 Å². The Kier molecular flexibility index (Phi) is 3.64. The van der Waals surface area contributed by atoms with Crippen LogP contribution >= 0.6 is 23.4 Å². The summed E-state index contributed by atoms with van der Waals surface area (Å²) in [6.45, 7) is 0. The first-order chi connectivity index (χ1) is 8.31. The fraction of sp³-hybridized carbons (Fsp3) is 0.571. The second kappa shape index (κ2) is 5.21. The Hall–Kier alpha value is -0.180. The second-order valence-electron chi connectivity index (χ2n) is 5.15. The molecule has 17 heavy (non-hydrogen) atoms. The summed E-state index contributed by atoms with van der Waals surface area (Å²) in [6, 6.07) is 9.85. The molecule has 1 atom stereocenters. The molecule has 1 aliphatic heterocycles. The maximum absolute atomic E-state index is 6.03. The summed E-state index contributed by atoms with van der Waals surface area (Å²) < 4.78 is 0. The van der Waals surface area contributed by atoms with E-state index in [2.05, 4.69) is 35.3 Å². The summed E-state index contributed by atoms with van der Waals surface area (Å²) in [6.07, 6.45) is 3.91. The van der Waals surface area contributed by atoms with Gasteiger partial charge in [0.15, 0.2) is 0 Å². The molecule has 0 bridgehead atoms. The van der Waals surface area contributed by atoms with Gasteiger partial charge in [0.05, 0.1) is 0 Å². The number of hydrogen-bond acceptors (Lipinski definition) is 2. The van der Waals surface area contributed by atoms with E-state index >= 15 is 0 Å². The molecule has 0 amide bonds. The first-order valence-electron chi connectivity index (χ1n) is 6.40. The lowest BCUT2D eigenvalue weighted by molar-refractivity contribution is 0.271.